The van der Waals surface area contributed by atoms with Gasteiger partial charge in [-0.1, -0.05) is 12.8 Å². The maximum absolute atomic E-state index is 6.07. The number of furan rings is 1. The zero-order valence-electron chi connectivity index (χ0n) is 13.9. The Kier molecular flexibility index (Phi) is 4.05. The van der Waals surface area contributed by atoms with Crippen LogP contribution in [0.5, 0.6) is 0 Å². The predicted molar refractivity (Wildman–Crippen MR) is 89.2 cm³/mol. The van der Waals surface area contributed by atoms with Crippen LogP contribution in [-0.4, -0.2) is 31.3 Å². The van der Waals surface area contributed by atoms with Crippen LogP contribution in [0.15, 0.2) is 28.0 Å². The van der Waals surface area contributed by atoms with Gasteiger partial charge in [0.25, 0.3) is 0 Å². The van der Waals surface area contributed by atoms with Crippen molar-refractivity contribution in [2.75, 3.05) is 13.2 Å². The van der Waals surface area contributed by atoms with Crippen molar-refractivity contribution in [1.29, 1.82) is 0 Å². The Balaban J connectivity index is 1.48. The van der Waals surface area contributed by atoms with E-state index >= 15 is 0 Å². The molecule has 0 amide bonds. The molecule has 23 heavy (non-hydrogen) atoms. The largest absolute Gasteiger partial charge is 0.472 e. The van der Waals surface area contributed by atoms with Crippen LogP contribution in [0, 0.1) is 11.3 Å². The molecule has 5 heteroatoms. The Morgan fingerprint density at radius 3 is 3.00 bits per heavy atom. The number of guanidine groups is 1. The number of aliphatic imine (C=N–C) groups is 1. The lowest BCUT2D eigenvalue weighted by atomic mass is 9.54. The molecule has 3 unspecified atom stereocenters. The number of ether oxygens (including phenoxy) is 1. The van der Waals surface area contributed by atoms with Crippen LogP contribution >= 0.6 is 0 Å². The molecule has 2 heterocycles. The molecule has 4 rings (SSSR count). The Hall–Kier alpha value is -1.49. The third-order valence-corrected chi connectivity index (χ3v) is 5.92. The first-order valence-corrected chi connectivity index (χ1v) is 9.01. The lowest BCUT2D eigenvalue weighted by Crippen LogP contribution is -2.69. The average molecular weight is 317 g/mol. The zero-order chi connectivity index (χ0) is 15.7. The molecule has 3 fully saturated rings. The number of nitrogens with one attached hydrogen (secondary N) is 2. The molecule has 0 radical (unpaired) electrons. The van der Waals surface area contributed by atoms with Crippen molar-refractivity contribution in [3.63, 3.8) is 0 Å². The summed E-state index contributed by atoms with van der Waals surface area (Å²) in [7, 11) is 0. The first-order valence-electron chi connectivity index (χ1n) is 9.01. The van der Waals surface area contributed by atoms with E-state index in [0.29, 0.717) is 30.0 Å². The summed E-state index contributed by atoms with van der Waals surface area (Å²) >= 11 is 0. The quantitative estimate of drug-likeness (QED) is 0.662. The highest BCUT2D eigenvalue weighted by atomic mass is 16.5. The van der Waals surface area contributed by atoms with Crippen molar-refractivity contribution in [3.8, 4) is 0 Å². The Labute approximate surface area is 137 Å². The minimum atomic E-state index is 0.354. The summed E-state index contributed by atoms with van der Waals surface area (Å²) in [5.74, 6) is 1.58. The minimum Gasteiger partial charge on any atom is -0.472 e. The van der Waals surface area contributed by atoms with Crippen molar-refractivity contribution in [2.45, 2.75) is 57.7 Å². The molecule has 2 saturated carbocycles. The van der Waals surface area contributed by atoms with E-state index in [9.17, 15) is 0 Å². The molecule has 1 aromatic rings. The van der Waals surface area contributed by atoms with Gasteiger partial charge in [0.1, 0.15) is 0 Å². The predicted octanol–water partition coefficient (Wildman–Crippen LogP) is 2.68. The SMILES string of the molecule is CCNC(=NCc1ccoc1)NC1C2CCOC2C12CCCC2. The van der Waals surface area contributed by atoms with E-state index in [1.165, 1.54) is 32.1 Å². The number of hydrogen-bond acceptors (Lipinski definition) is 3. The van der Waals surface area contributed by atoms with Crippen LogP contribution in [0.3, 0.4) is 0 Å². The fourth-order valence-electron chi connectivity index (χ4n) is 4.92. The topological polar surface area (TPSA) is 58.8 Å². The first-order chi connectivity index (χ1) is 11.3. The van der Waals surface area contributed by atoms with Crippen molar-refractivity contribution in [2.24, 2.45) is 16.3 Å². The number of nitrogens with zero attached hydrogens (tertiary/aromatic N) is 1. The van der Waals surface area contributed by atoms with Crippen LogP contribution in [0.25, 0.3) is 0 Å². The van der Waals surface area contributed by atoms with Gasteiger partial charge in [0.05, 0.1) is 25.2 Å². The standard InChI is InChI=1S/C18H27N3O2/c1-2-19-17(20-11-13-5-9-22-12-13)21-15-14-6-10-23-16(14)18(15)7-3-4-8-18/h5,9,12,14-16H,2-4,6-8,10-11H2,1H3,(H2,19,20,21). The van der Waals surface area contributed by atoms with Crippen molar-refractivity contribution >= 4 is 5.96 Å². The second-order valence-electron chi connectivity index (χ2n) is 7.13. The van der Waals surface area contributed by atoms with Gasteiger partial charge in [0, 0.05) is 36.1 Å². The van der Waals surface area contributed by atoms with Crippen LogP contribution in [0.2, 0.25) is 0 Å². The van der Waals surface area contributed by atoms with Crippen molar-refractivity contribution < 1.29 is 9.15 Å². The lowest BCUT2D eigenvalue weighted by molar-refractivity contribution is -0.125. The fourth-order valence-corrected chi connectivity index (χ4v) is 4.92. The van der Waals surface area contributed by atoms with Gasteiger partial charge in [0.15, 0.2) is 5.96 Å². The third-order valence-electron chi connectivity index (χ3n) is 5.92. The van der Waals surface area contributed by atoms with Crippen LogP contribution in [0.4, 0.5) is 0 Å². The molecule has 1 aromatic heterocycles. The molecular formula is C18H27N3O2. The highest BCUT2D eigenvalue weighted by Gasteiger charge is 2.65. The van der Waals surface area contributed by atoms with Gasteiger partial charge in [-0.3, -0.25) is 0 Å². The molecule has 2 N–H and O–H groups in total. The van der Waals surface area contributed by atoms with Crippen molar-refractivity contribution in [1.82, 2.24) is 10.6 Å². The van der Waals surface area contributed by atoms with E-state index in [-0.39, 0.29) is 0 Å². The van der Waals surface area contributed by atoms with E-state index in [1.807, 2.05) is 6.07 Å². The highest BCUT2D eigenvalue weighted by Crippen LogP contribution is 2.60. The first kappa shape index (κ1) is 15.1. The molecule has 126 valence electrons. The van der Waals surface area contributed by atoms with Gasteiger partial charge >= 0.3 is 0 Å². The summed E-state index contributed by atoms with van der Waals surface area (Å²) in [6.45, 7) is 4.57. The van der Waals surface area contributed by atoms with Gasteiger partial charge in [-0.15, -0.1) is 0 Å². The minimum absolute atomic E-state index is 0.354. The molecule has 1 saturated heterocycles. The maximum Gasteiger partial charge on any atom is 0.191 e. The second-order valence-corrected chi connectivity index (χ2v) is 7.13. The van der Waals surface area contributed by atoms with Crippen LogP contribution < -0.4 is 10.6 Å². The number of fused-ring (bicyclic) bond motifs is 2. The van der Waals surface area contributed by atoms with Crippen molar-refractivity contribution in [3.05, 3.63) is 24.2 Å². The normalized spacial score (nSPS) is 31.9. The average Bonchev–Trinajstić information content (AvgIpc) is 3.30. The maximum atomic E-state index is 6.07. The van der Waals surface area contributed by atoms with Gasteiger partial charge in [-0.25, -0.2) is 4.99 Å². The van der Waals surface area contributed by atoms with Gasteiger partial charge < -0.3 is 19.8 Å². The molecule has 1 aliphatic heterocycles. The Morgan fingerprint density at radius 1 is 1.39 bits per heavy atom. The smallest absolute Gasteiger partial charge is 0.191 e. The number of rotatable bonds is 4. The summed E-state index contributed by atoms with van der Waals surface area (Å²) in [5.41, 5.74) is 1.46. The molecule has 3 aliphatic rings. The molecule has 0 aromatic carbocycles. The Morgan fingerprint density at radius 2 is 2.26 bits per heavy atom. The Bertz CT molecular complexity index is 549. The van der Waals surface area contributed by atoms with E-state index in [0.717, 1.165) is 24.7 Å². The van der Waals surface area contributed by atoms with Gasteiger partial charge in [0.2, 0.25) is 0 Å². The molecule has 3 atom stereocenters. The van der Waals surface area contributed by atoms with Crippen LogP contribution in [0.1, 0.15) is 44.6 Å². The molecular weight excluding hydrogens is 290 g/mol. The molecule has 5 nitrogen and oxygen atoms in total. The lowest BCUT2D eigenvalue weighted by Gasteiger charge is -2.57. The number of hydrogen-bond donors (Lipinski definition) is 2. The van der Waals surface area contributed by atoms with E-state index < -0.39 is 0 Å². The summed E-state index contributed by atoms with van der Waals surface area (Å²) in [4.78, 5) is 4.74. The van der Waals surface area contributed by atoms with Gasteiger partial charge in [-0.2, -0.15) is 0 Å². The summed E-state index contributed by atoms with van der Waals surface area (Å²) in [6, 6.07) is 2.48. The fraction of sp³-hybridized carbons (Fsp3) is 0.722. The molecule has 0 bridgehead atoms. The third kappa shape index (κ3) is 2.55. The monoisotopic (exact) mass is 317 g/mol. The van der Waals surface area contributed by atoms with E-state index in [1.54, 1.807) is 12.5 Å². The van der Waals surface area contributed by atoms with Gasteiger partial charge in [-0.05, 0) is 32.3 Å². The molecule has 2 aliphatic carbocycles. The van der Waals surface area contributed by atoms with E-state index in [2.05, 4.69) is 17.6 Å². The zero-order valence-corrected chi connectivity index (χ0v) is 13.9. The molecule has 1 spiro atoms. The summed E-state index contributed by atoms with van der Waals surface area (Å²) in [6.07, 6.45) is 10.4. The van der Waals surface area contributed by atoms with Crippen LogP contribution in [-0.2, 0) is 11.3 Å². The summed E-state index contributed by atoms with van der Waals surface area (Å²) < 4.78 is 11.2. The highest BCUT2D eigenvalue weighted by molar-refractivity contribution is 5.80. The second kappa shape index (κ2) is 6.19. The summed E-state index contributed by atoms with van der Waals surface area (Å²) in [5, 5.41) is 7.15. The van der Waals surface area contributed by atoms with E-state index in [4.69, 9.17) is 14.1 Å².